The number of aromatic nitrogens is 1. The molecule has 0 saturated carbocycles. The van der Waals surface area contributed by atoms with E-state index in [1.807, 2.05) is 32.0 Å². The minimum atomic E-state index is -0.698. The van der Waals surface area contributed by atoms with Gasteiger partial charge in [0.05, 0.1) is 10.7 Å². The third-order valence-electron chi connectivity index (χ3n) is 4.91. The van der Waals surface area contributed by atoms with Crippen molar-refractivity contribution in [1.82, 2.24) is 10.3 Å². The Morgan fingerprint density at radius 3 is 2.48 bits per heavy atom. The molecule has 1 saturated heterocycles. The van der Waals surface area contributed by atoms with E-state index in [-0.39, 0.29) is 5.91 Å². The lowest BCUT2D eigenvalue weighted by molar-refractivity contribution is -0.118. The SMILES string of the molecule is Cc1cccc(C2NC(=O)N(c3ccc(Oc4ccc(Cl)cn4)cc3)C2=O)c1C. The van der Waals surface area contributed by atoms with E-state index in [2.05, 4.69) is 10.3 Å². The van der Waals surface area contributed by atoms with Gasteiger partial charge < -0.3 is 10.1 Å². The third kappa shape index (κ3) is 3.67. The fraction of sp³-hybridized carbons (Fsp3) is 0.136. The van der Waals surface area contributed by atoms with Gasteiger partial charge in [0.1, 0.15) is 11.8 Å². The van der Waals surface area contributed by atoms with Crippen LogP contribution in [0.5, 0.6) is 11.6 Å². The molecular formula is C22H18ClN3O3. The van der Waals surface area contributed by atoms with Crippen molar-refractivity contribution in [3.8, 4) is 11.6 Å². The van der Waals surface area contributed by atoms with Crippen molar-refractivity contribution in [3.05, 3.63) is 82.5 Å². The summed E-state index contributed by atoms with van der Waals surface area (Å²) in [6.07, 6.45) is 1.49. The number of imide groups is 1. The Morgan fingerprint density at radius 1 is 1.03 bits per heavy atom. The van der Waals surface area contributed by atoms with Crippen LogP contribution in [0.25, 0.3) is 0 Å². The molecule has 0 radical (unpaired) electrons. The predicted octanol–water partition coefficient (Wildman–Crippen LogP) is 4.94. The van der Waals surface area contributed by atoms with Crippen molar-refractivity contribution in [2.45, 2.75) is 19.9 Å². The molecule has 3 aromatic rings. The Hall–Kier alpha value is -3.38. The van der Waals surface area contributed by atoms with E-state index >= 15 is 0 Å². The van der Waals surface area contributed by atoms with Gasteiger partial charge in [0.2, 0.25) is 5.88 Å². The highest BCUT2D eigenvalue weighted by Crippen LogP contribution is 2.31. The average molecular weight is 408 g/mol. The molecular weight excluding hydrogens is 390 g/mol. The molecule has 0 bridgehead atoms. The molecule has 6 nitrogen and oxygen atoms in total. The van der Waals surface area contributed by atoms with Crippen LogP contribution in [0.4, 0.5) is 10.5 Å². The lowest BCUT2D eigenvalue weighted by Gasteiger charge is -2.15. The Balaban J connectivity index is 1.55. The van der Waals surface area contributed by atoms with Crippen LogP contribution in [0.15, 0.2) is 60.8 Å². The first-order chi connectivity index (χ1) is 13.9. The third-order valence-corrected chi connectivity index (χ3v) is 5.14. The van der Waals surface area contributed by atoms with Crippen LogP contribution in [0, 0.1) is 13.8 Å². The summed E-state index contributed by atoms with van der Waals surface area (Å²) < 4.78 is 5.65. The topological polar surface area (TPSA) is 71.5 Å². The zero-order chi connectivity index (χ0) is 20.5. The van der Waals surface area contributed by atoms with Crippen LogP contribution >= 0.6 is 11.6 Å². The maximum atomic E-state index is 13.0. The highest BCUT2D eigenvalue weighted by atomic mass is 35.5. The molecule has 1 aliphatic rings. The number of carbonyl (C=O) groups excluding carboxylic acids is 2. The van der Waals surface area contributed by atoms with Crippen LogP contribution in [0.1, 0.15) is 22.7 Å². The quantitative estimate of drug-likeness (QED) is 0.621. The monoisotopic (exact) mass is 407 g/mol. The van der Waals surface area contributed by atoms with E-state index < -0.39 is 12.1 Å². The fourth-order valence-corrected chi connectivity index (χ4v) is 3.34. The van der Waals surface area contributed by atoms with Crippen LogP contribution in [0.3, 0.4) is 0 Å². The lowest BCUT2D eigenvalue weighted by atomic mass is 9.97. The van der Waals surface area contributed by atoms with E-state index in [0.717, 1.165) is 21.6 Å². The number of hydrogen-bond donors (Lipinski definition) is 1. The molecule has 146 valence electrons. The van der Waals surface area contributed by atoms with Gasteiger partial charge in [-0.05, 0) is 60.9 Å². The van der Waals surface area contributed by atoms with Gasteiger partial charge >= 0.3 is 6.03 Å². The highest BCUT2D eigenvalue weighted by molar-refractivity contribution is 6.30. The standard InChI is InChI=1S/C22H18ClN3O3/c1-13-4-3-5-18(14(13)2)20-21(27)26(22(28)25-20)16-7-9-17(10-8-16)29-19-11-6-15(23)12-24-19/h3-12,20H,1-2H3,(H,25,28). The largest absolute Gasteiger partial charge is 0.439 e. The molecule has 1 N–H and O–H groups in total. The number of benzene rings is 2. The van der Waals surface area contributed by atoms with Crippen molar-refractivity contribution in [1.29, 1.82) is 0 Å². The number of nitrogens with zero attached hydrogens (tertiary/aromatic N) is 2. The maximum absolute atomic E-state index is 13.0. The summed E-state index contributed by atoms with van der Waals surface area (Å²) in [4.78, 5) is 30.7. The number of hydrogen-bond acceptors (Lipinski definition) is 4. The summed E-state index contributed by atoms with van der Waals surface area (Å²) >= 11 is 5.82. The van der Waals surface area contributed by atoms with Gasteiger partial charge in [-0.15, -0.1) is 0 Å². The van der Waals surface area contributed by atoms with Gasteiger partial charge in [0.15, 0.2) is 0 Å². The van der Waals surface area contributed by atoms with Crippen molar-refractivity contribution >= 4 is 29.2 Å². The zero-order valence-corrected chi connectivity index (χ0v) is 16.6. The molecule has 1 atom stereocenters. The number of halogens is 1. The van der Waals surface area contributed by atoms with Gasteiger partial charge in [0.25, 0.3) is 5.91 Å². The van der Waals surface area contributed by atoms with Crippen molar-refractivity contribution in [3.63, 3.8) is 0 Å². The Bertz CT molecular complexity index is 1080. The minimum Gasteiger partial charge on any atom is -0.439 e. The summed E-state index contributed by atoms with van der Waals surface area (Å²) in [6, 6.07) is 14.6. The van der Waals surface area contributed by atoms with E-state index in [9.17, 15) is 9.59 Å². The normalized spacial score (nSPS) is 16.1. The Labute approximate surface area is 173 Å². The molecule has 7 heteroatoms. The highest BCUT2D eigenvalue weighted by Gasteiger charge is 2.40. The first-order valence-electron chi connectivity index (χ1n) is 9.04. The number of anilines is 1. The molecule has 2 aromatic carbocycles. The molecule has 2 heterocycles. The van der Waals surface area contributed by atoms with Gasteiger partial charge in [-0.3, -0.25) is 4.79 Å². The molecule has 1 fully saturated rings. The zero-order valence-electron chi connectivity index (χ0n) is 15.8. The summed E-state index contributed by atoms with van der Waals surface area (Å²) in [5.74, 6) is 0.616. The first-order valence-corrected chi connectivity index (χ1v) is 9.42. The summed E-state index contributed by atoms with van der Waals surface area (Å²) in [5.41, 5.74) is 3.34. The lowest BCUT2D eigenvalue weighted by Crippen LogP contribution is -2.30. The number of pyridine rings is 1. The molecule has 3 amide bonds. The van der Waals surface area contributed by atoms with Gasteiger partial charge in [-0.2, -0.15) is 0 Å². The summed E-state index contributed by atoms with van der Waals surface area (Å²) in [6.45, 7) is 3.93. The molecule has 1 unspecified atom stereocenters. The second-order valence-corrected chi connectivity index (χ2v) is 7.19. The number of urea groups is 1. The van der Waals surface area contributed by atoms with E-state index in [4.69, 9.17) is 16.3 Å². The number of rotatable bonds is 4. The molecule has 0 aliphatic carbocycles. The minimum absolute atomic E-state index is 0.309. The number of amides is 3. The number of nitrogens with one attached hydrogen (secondary N) is 1. The van der Waals surface area contributed by atoms with Crippen LogP contribution in [0.2, 0.25) is 5.02 Å². The first kappa shape index (κ1) is 19.0. The van der Waals surface area contributed by atoms with Crippen LogP contribution in [-0.2, 0) is 4.79 Å². The van der Waals surface area contributed by atoms with Crippen molar-refractivity contribution in [2.24, 2.45) is 0 Å². The smallest absolute Gasteiger partial charge is 0.329 e. The fourth-order valence-electron chi connectivity index (χ4n) is 3.23. The van der Waals surface area contributed by atoms with Gasteiger partial charge in [0, 0.05) is 12.3 Å². The van der Waals surface area contributed by atoms with Crippen molar-refractivity contribution < 1.29 is 14.3 Å². The summed E-state index contributed by atoms with van der Waals surface area (Å²) in [5, 5.41) is 3.30. The molecule has 29 heavy (non-hydrogen) atoms. The predicted molar refractivity (Wildman–Crippen MR) is 110 cm³/mol. The van der Waals surface area contributed by atoms with E-state index in [0.29, 0.717) is 22.3 Å². The van der Waals surface area contributed by atoms with Crippen LogP contribution < -0.4 is 15.0 Å². The van der Waals surface area contributed by atoms with Crippen LogP contribution in [-0.4, -0.2) is 16.9 Å². The van der Waals surface area contributed by atoms with E-state index in [1.165, 1.54) is 6.20 Å². The Kier molecular flexibility index (Phi) is 4.94. The van der Waals surface area contributed by atoms with Gasteiger partial charge in [-0.1, -0.05) is 29.8 Å². The average Bonchev–Trinajstić information content (AvgIpc) is 3.00. The Morgan fingerprint density at radius 2 is 1.79 bits per heavy atom. The van der Waals surface area contributed by atoms with Crippen molar-refractivity contribution in [2.75, 3.05) is 4.90 Å². The molecule has 4 rings (SSSR count). The van der Waals surface area contributed by atoms with E-state index in [1.54, 1.807) is 36.4 Å². The number of ether oxygens (including phenoxy) is 1. The second kappa shape index (κ2) is 7.56. The number of aryl methyl sites for hydroxylation is 1. The number of carbonyl (C=O) groups is 2. The second-order valence-electron chi connectivity index (χ2n) is 6.76. The van der Waals surface area contributed by atoms with Gasteiger partial charge in [-0.25, -0.2) is 14.7 Å². The molecule has 0 spiro atoms. The maximum Gasteiger partial charge on any atom is 0.329 e. The summed E-state index contributed by atoms with van der Waals surface area (Å²) in [7, 11) is 0. The molecule has 1 aliphatic heterocycles. The molecule has 1 aromatic heterocycles.